The van der Waals surface area contributed by atoms with Crippen LogP contribution in [0.15, 0.2) is 90.3 Å². The summed E-state index contributed by atoms with van der Waals surface area (Å²) in [5.41, 5.74) is 2.60. The van der Waals surface area contributed by atoms with Gasteiger partial charge in [-0.1, -0.05) is 35.9 Å². The van der Waals surface area contributed by atoms with Gasteiger partial charge in [0.25, 0.3) is 5.91 Å². The van der Waals surface area contributed by atoms with Crippen molar-refractivity contribution >= 4 is 21.6 Å². The second kappa shape index (κ2) is 9.68. The normalized spacial score (nSPS) is 11.3. The SMILES string of the molecule is C=CCN(Cc1ccc(C(=O)Nc2ccc(F)cc2)cc1)S(=O)(=O)c1ccc(C)cc1. The molecule has 0 spiro atoms. The number of anilines is 1. The molecule has 3 aromatic carbocycles. The Morgan fingerprint density at radius 2 is 1.61 bits per heavy atom. The van der Waals surface area contributed by atoms with Crippen LogP contribution in [0.3, 0.4) is 0 Å². The van der Waals surface area contributed by atoms with Crippen LogP contribution >= 0.6 is 0 Å². The van der Waals surface area contributed by atoms with E-state index in [-0.39, 0.29) is 29.7 Å². The van der Waals surface area contributed by atoms with E-state index in [9.17, 15) is 17.6 Å². The van der Waals surface area contributed by atoms with E-state index in [1.54, 1.807) is 48.5 Å². The number of rotatable bonds is 8. The molecule has 0 unspecified atom stereocenters. The van der Waals surface area contributed by atoms with E-state index < -0.39 is 10.0 Å². The lowest BCUT2D eigenvalue weighted by atomic mass is 10.1. The Balaban J connectivity index is 1.74. The van der Waals surface area contributed by atoms with E-state index >= 15 is 0 Å². The summed E-state index contributed by atoms with van der Waals surface area (Å²) >= 11 is 0. The molecule has 160 valence electrons. The summed E-state index contributed by atoms with van der Waals surface area (Å²) in [6, 6.07) is 18.8. The van der Waals surface area contributed by atoms with Gasteiger partial charge in [0.05, 0.1) is 4.90 Å². The summed E-state index contributed by atoms with van der Waals surface area (Å²) in [4.78, 5) is 12.6. The number of hydrogen-bond donors (Lipinski definition) is 1. The van der Waals surface area contributed by atoms with Crippen LogP contribution in [0.1, 0.15) is 21.5 Å². The maximum Gasteiger partial charge on any atom is 0.255 e. The minimum absolute atomic E-state index is 0.141. The number of benzene rings is 3. The Labute approximate surface area is 181 Å². The average Bonchev–Trinajstić information content (AvgIpc) is 2.76. The highest BCUT2D eigenvalue weighted by molar-refractivity contribution is 7.89. The molecule has 0 aromatic heterocycles. The molecule has 0 saturated heterocycles. The third-order valence-electron chi connectivity index (χ3n) is 4.67. The zero-order chi connectivity index (χ0) is 22.4. The fourth-order valence-electron chi connectivity index (χ4n) is 2.95. The van der Waals surface area contributed by atoms with E-state index in [0.29, 0.717) is 11.3 Å². The lowest BCUT2D eigenvalue weighted by molar-refractivity contribution is 0.102. The number of nitrogens with one attached hydrogen (secondary N) is 1. The van der Waals surface area contributed by atoms with Crippen molar-refractivity contribution in [1.29, 1.82) is 0 Å². The van der Waals surface area contributed by atoms with Gasteiger partial charge in [-0.25, -0.2) is 12.8 Å². The molecule has 0 atom stereocenters. The minimum Gasteiger partial charge on any atom is -0.322 e. The summed E-state index contributed by atoms with van der Waals surface area (Å²) < 4.78 is 40.4. The van der Waals surface area contributed by atoms with Gasteiger partial charge in [0.2, 0.25) is 10.0 Å². The van der Waals surface area contributed by atoms with Gasteiger partial charge in [0, 0.05) is 24.3 Å². The van der Waals surface area contributed by atoms with Crippen molar-refractivity contribution in [3.8, 4) is 0 Å². The second-order valence-corrected chi connectivity index (χ2v) is 9.00. The van der Waals surface area contributed by atoms with Crippen LogP contribution in [0.25, 0.3) is 0 Å². The first-order valence-electron chi connectivity index (χ1n) is 9.63. The van der Waals surface area contributed by atoms with Gasteiger partial charge in [0.15, 0.2) is 0 Å². The highest BCUT2D eigenvalue weighted by Crippen LogP contribution is 2.20. The standard InChI is InChI=1S/C24H23FN2O3S/c1-3-16-27(31(29,30)23-14-4-18(2)5-15-23)17-19-6-8-20(9-7-19)24(28)26-22-12-10-21(25)11-13-22/h3-15H,1,16-17H2,2H3,(H,26,28). The number of nitrogens with zero attached hydrogens (tertiary/aromatic N) is 1. The van der Waals surface area contributed by atoms with Gasteiger partial charge in [-0.2, -0.15) is 4.31 Å². The topological polar surface area (TPSA) is 66.5 Å². The highest BCUT2D eigenvalue weighted by atomic mass is 32.2. The first kappa shape index (κ1) is 22.4. The Bertz CT molecular complexity index is 1160. The Hall–Kier alpha value is -3.29. The molecule has 0 heterocycles. The van der Waals surface area contributed by atoms with E-state index in [1.807, 2.05) is 6.92 Å². The molecule has 0 aliphatic rings. The number of aryl methyl sites for hydroxylation is 1. The zero-order valence-electron chi connectivity index (χ0n) is 17.1. The fourth-order valence-corrected chi connectivity index (χ4v) is 4.35. The van der Waals surface area contributed by atoms with Gasteiger partial charge in [-0.15, -0.1) is 6.58 Å². The summed E-state index contributed by atoms with van der Waals surface area (Å²) in [7, 11) is -3.70. The first-order chi connectivity index (χ1) is 14.8. The van der Waals surface area contributed by atoms with Crippen LogP contribution in [0.5, 0.6) is 0 Å². The predicted octanol–water partition coefficient (Wildman–Crippen LogP) is 4.76. The Kier molecular flexibility index (Phi) is 6.99. The highest BCUT2D eigenvalue weighted by Gasteiger charge is 2.23. The molecular formula is C24H23FN2O3S. The largest absolute Gasteiger partial charge is 0.322 e. The van der Waals surface area contributed by atoms with Gasteiger partial charge in [0.1, 0.15) is 5.82 Å². The van der Waals surface area contributed by atoms with E-state index in [4.69, 9.17) is 0 Å². The van der Waals surface area contributed by atoms with Crippen molar-refractivity contribution in [1.82, 2.24) is 4.31 Å². The number of carbonyl (C=O) groups excluding carboxylic acids is 1. The molecule has 0 saturated carbocycles. The summed E-state index contributed by atoms with van der Waals surface area (Å²) in [6.07, 6.45) is 1.54. The Morgan fingerprint density at radius 3 is 2.19 bits per heavy atom. The quantitative estimate of drug-likeness (QED) is 0.516. The van der Waals surface area contributed by atoms with Crippen molar-refractivity contribution in [3.05, 3.63) is 108 Å². The molecule has 0 fully saturated rings. The molecule has 1 N–H and O–H groups in total. The van der Waals surface area contributed by atoms with Crippen LogP contribution in [-0.4, -0.2) is 25.2 Å². The average molecular weight is 439 g/mol. The van der Waals surface area contributed by atoms with Crippen molar-refractivity contribution in [2.45, 2.75) is 18.4 Å². The number of amides is 1. The number of halogens is 1. The van der Waals surface area contributed by atoms with Crippen molar-refractivity contribution in [3.63, 3.8) is 0 Å². The first-order valence-corrected chi connectivity index (χ1v) is 11.1. The number of hydrogen-bond acceptors (Lipinski definition) is 3. The van der Waals surface area contributed by atoms with Gasteiger partial charge in [-0.05, 0) is 61.0 Å². The molecule has 0 aliphatic carbocycles. The molecule has 5 nitrogen and oxygen atoms in total. The summed E-state index contributed by atoms with van der Waals surface area (Å²) in [6.45, 7) is 5.85. The van der Waals surface area contributed by atoms with Crippen molar-refractivity contribution in [2.24, 2.45) is 0 Å². The van der Waals surface area contributed by atoms with Crippen LogP contribution in [-0.2, 0) is 16.6 Å². The second-order valence-electron chi connectivity index (χ2n) is 7.06. The van der Waals surface area contributed by atoms with Crippen LogP contribution in [0.2, 0.25) is 0 Å². The maximum atomic E-state index is 13.0. The third kappa shape index (κ3) is 5.65. The fraction of sp³-hybridized carbons (Fsp3) is 0.125. The van der Waals surface area contributed by atoms with E-state index in [2.05, 4.69) is 11.9 Å². The molecule has 0 aliphatic heterocycles. The van der Waals surface area contributed by atoms with Crippen LogP contribution in [0, 0.1) is 12.7 Å². The minimum atomic E-state index is -3.70. The molecular weight excluding hydrogens is 415 g/mol. The lowest BCUT2D eigenvalue weighted by Gasteiger charge is -2.21. The summed E-state index contributed by atoms with van der Waals surface area (Å²) in [5, 5.41) is 2.69. The maximum absolute atomic E-state index is 13.0. The van der Waals surface area contributed by atoms with Gasteiger partial charge >= 0.3 is 0 Å². The van der Waals surface area contributed by atoms with Gasteiger partial charge in [-0.3, -0.25) is 4.79 Å². The van der Waals surface area contributed by atoms with Crippen LogP contribution in [0.4, 0.5) is 10.1 Å². The molecule has 1 amide bonds. The van der Waals surface area contributed by atoms with Gasteiger partial charge < -0.3 is 5.32 Å². The molecule has 0 bridgehead atoms. The monoisotopic (exact) mass is 438 g/mol. The lowest BCUT2D eigenvalue weighted by Crippen LogP contribution is -2.30. The van der Waals surface area contributed by atoms with E-state index in [1.165, 1.54) is 34.6 Å². The Morgan fingerprint density at radius 1 is 1.00 bits per heavy atom. The number of sulfonamides is 1. The summed E-state index contributed by atoms with van der Waals surface area (Å²) in [5.74, 6) is -0.722. The zero-order valence-corrected chi connectivity index (χ0v) is 17.9. The molecule has 3 aromatic rings. The number of carbonyl (C=O) groups is 1. The van der Waals surface area contributed by atoms with Crippen molar-refractivity contribution in [2.75, 3.05) is 11.9 Å². The smallest absolute Gasteiger partial charge is 0.255 e. The molecule has 3 rings (SSSR count). The van der Waals surface area contributed by atoms with E-state index in [0.717, 1.165) is 11.1 Å². The molecule has 31 heavy (non-hydrogen) atoms. The molecule has 0 radical (unpaired) electrons. The third-order valence-corrected chi connectivity index (χ3v) is 6.49. The van der Waals surface area contributed by atoms with Crippen molar-refractivity contribution < 1.29 is 17.6 Å². The molecule has 7 heteroatoms. The van der Waals surface area contributed by atoms with Crippen LogP contribution < -0.4 is 5.32 Å². The predicted molar refractivity (Wildman–Crippen MR) is 120 cm³/mol.